The van der Waals surface area contributed by atoms with Crippen LogP contribution in [0.15, 0.2) is 28.7 Å². The van der Waals surface area contributed by atoms with Gasteiger partial charge in [-0.25, -0.2) is 0 Å². The van der Waals surface area contributed by atoms with Gasteiger partial charge >= 0.3 is 0 Å². The van der Waals surface area contributed by atoms with Crippen LogP contribution in [0.3, 0.4) is 0 Å². The summed E-state index contributed by atoms with van der Waals surface area (Å²) in [5.41, 5.74) is 1.11. The molecule has 2 aromatic rings. The fraction of sp³-hybridized carbons (Fsp3) is 0.500. The summed E-state index contributed by atoms with van der Waals surface area (Å²) in [5.74, 6) is 1.14. The van der Waals surface area contributed by atoms with Crippen molar-refractivity contribution in [3.63, 3.8) is 0 Å². The van der Waals surface area contributed by atoms with Gasteiger partial charge in [-0.05, 0) is 35.8 Å². The van der Waals surface area contributed by atoms with E-state index in [4.69, 9.17) is 0 Å². The second-order valence-electron chi connectivity index (χ2n) is 5.41. The molecular weight excluding hydrogens is 318 g/mol. The molecule has 20 heavy (non-hydrogen) atoms. The van der Waals surface area contributed by atoms with Crippen molar-refractivity contribution in [1.82, 2.24) is 25.5 Å². The number of halogens is 1. The predicted octanol–water partition coefficient (Wildman–Crippen LogP) is 2.63. The van der Waals surface area contributed by atoms with Crippen molar-refractivity contribution < 1.29 is 0 Å². The van der Waals surface area contributed by atoms with Crippen molar-refractivity contribution in [1.29, 1.82) is 0 Å². The number of rotatable bonds is 5. The van der Waals surface area contributed by atoms with Crippen LogP contribution in [0.4, 0.5) is 0 Å². The van der Waals surface area contributed by atoms with Crippen LogP contribution in [0, 0.1) is 5.92 Å². The molecule has 0 aliphatic carbocycles. The Morgan fingerprint density at radius 3 is 2.45 bits per heavy atom. The molecule has 1 atom stereocenters. The van der Waals surface area contributed by atoms with Gasteiger partial charge in [-0.15, -0.1) is 10.2 Å². The first-order valence-electron chi connectivity index (χ1n) is 6.66. The third kappa shape index (κ3) is 3.24. The minimum absolute atomic E-state index is 0.139. The van der Waals surface area contributed by atoms with Gasteiger partial charge in [0.2, 0.25) is 0 Å². The Morgan fingerprint density at radius 1 is 1.30 bits per heavy atom. The number of aryl methyl sites for hydroxylation is 1. The lowest BCUT2D eigenvalue weighted by molar-refractivity contribution is 0.260. The van der Waals surface area contributed by atoms with Crippen molar-refractivity contribution in [2.75, 3.05) is 0 Å². The van der Waals surface area contributed by atoms with Crippen molar-refractivity contribution in [2.24, 2.45) is 13.0 Å². The van der Waals surface area contributed by atoms with E-state index in [1.807, 2.05) is 0 Å². The molecule has 0 saturated heterocycles. The summed E-state index contributed by atoms with van der Waals surface area (Å²) in [4.78, 5) is 1.48. The molecule has 0 bridgehead atoms. The average molecular weight is 338 g/mol. The maximum Gasteiger partial charge on any atom is 0.188 e. The first-order chi connectivity index (χ1) is 9.41. The van der Waals surface area contributed by atoms with E-state index < -0.39 is 0 Å². The summed E-state index contributed by atoms with van der Waals surface area (Å²) in [6.07, 6.45) is 0. The van der Waals surface area contributed by atoms with E-state index in [1.54, 1.807) is 7.05 Å². The Kier molecular flexibility index (Phi) is 4.55. The molecule has 6 heteroatoms. The fourth-order valence-corrected chi connectivity index (χ4v) is 2.36. The van der Waals surface area contributed by atoms with Gasteiger partial charge in [-0.3, -0.25) is 0 Å². The van der Waals surface area contributed by atoms with Crippen LogP contribution in [-0.2, 0) is 19.1 Å². The van der Waals surface area contributed by atoms with Crippen molar-refractivity contribution >= 4 is 15.9 Å². The van der Waals surface area contributed by atoms with Crippen LogP contribution >= 0.6 is 15.9 Å². The molecule has 0 radical (unpaired) electrons. The summed E-state index contributed by atoms with van der Waals surface area (Å²) < 4.78 is 1.09. The van der Waals surface area contributed by atoms with Gasteiger partial charge in [0.1, 0.15) is 0 Å². The number of aromatic nitrogens is 4. The molecule has 0 aliphatic heterocycles. The van der Waals surface area contributed by atoms with E-state index in [0.29, 0.717) is 18.3 Å². The van der Waals surface area contributed by atoms with Gasteiger partial charge in [0.15, 0.2) is 5.82 Å². The number of benzene rings is 1. The molecule has 0 fully saturated rings. The number of hydrogen-bond donors (Lipinski definition) is 1. The Hall–Kier alpha value is -1.27. The molecule has 1 N–H and O–H groups in total. The standard InChI is InChI=1S/C14H20BrN5/c1-10(2)14(3,11-5-7-12(15)8-6-11)16-9-13-17-19-20(4)18-13/h5-8,10,16H,9H2,1-4H3/t14-/m0/s1. The fourth-order valence-electron chi connectivity index (χ4n) is 2.09. The largest absolute Gasteiger partial charge is 0.300 e. The van der Waals surface area contributed by atoms with E-state index in [1.165, 1.54) is 10.4 Å². The number of nitrogens with zero attached hydrogens (tertiary/aromatic N) is 4. The molecule has 5 nitrogen and oxygen atoms in total. The first kappa shape index (κ1) is 15.1. The van der Waals surface area contributed by atoms with Gasteiger partial charge in [-0.1, -0.05) is 41.9 Å². The van der Waals surface area contributed by atoms with Crippen molar-refractivity contribution in [3.05, 3.63) is 40.1 Å². The monoisotopic (exact) mass is 337 g/mol. The maximum atomic E-state index is 4.21. The molecule has 0 saturated carbocycles. The normalized spacial score (nSPS) is 14.5. The third-order valence-electron chi connectivity index (χ3n) is 3.76. The zero-order chi connectivity index (χ0) is 14.8. The van der Waals surface area contributed by atoms with E-state index in [0.717, 1.165) is 4.47 Å². The van der Waals surface area contributed by atoms with Crippen LogP contribution in [-0.4, -0.2) is 20.2 Å². The lowest BCUT2D eigenvalue weighted by Crippen LogP contribution is -2.43. The van der Waals surface area contributed by atoms with Crippen LogP contribution in [0.25, 0.3) is 0 Å². The van der Waals surface area contributed by atoms with E-state index in [2.05, 4.69) is 81.7 Å². The molecule has 0 unspecified atom stereocenters. The lowest BCUT2D eigenvalue weighted by atomic mass is 9.81. The highest BCUT2D eigenvalue weighted by atomic mass is 79.9. The van der Waals surface area contributed by atoms with Gasteiger partial charge < -0.3 is 5.32 Å². The molecule has 1 aromatic carbocycles. The zero-order valence-corrected chi connectivity index (χ0v) is 13.8. The molecule has 1 heterocycles. The van der Waals surface area contributed by atoms with Crippen molar-refractivity contribution in [2.45, 2.75) is 32.9 Å². The summed E-state index contributed by atoms with van der Waals surface area (Å²) >= 11 is 3.48. The number of hydrogen-bond acceptors (Lipinski definition) is 4. The summed E-state index contributed by atoms with van der Waals surface area (Å²) in [7, 11) is 1.77. The van der Waals surface area contributed by atoms with Gasteiger partial charge in [-0.2, -0.15) is 4.80 Å². The SMILES string of the molecule is CC(C)[C@](C)(NCc1nnn(C)n1)c1ccc(Br)cc1. The minimum atomic E-state index is -0.139. The Bertz CT molecular complexity index is 563. The van der Waals surface area contributed by atoms with E-state index in [9.17, 15) is 0 Å². The predicted molar refractivity (Wildman–Crippen MR) is 82.0 cm³/mol. The molecule has 108 valence electrons. The summed E-state index contributed by atoms with van der Waals surface area (Å²) in [6, 6.07) is 8.42. The van der Waals surface area contributed by atoms with Crippen LogP contribution < -0.4 is 5.32 Å². The average Bonchev–Trinajstić information content (AvgIpc) is 2.82. The summed E-state index contributed by atoms with van der Waals surface area (Å²) in [6.45, 7) is 7.22. The van der Waals surface area contributed by atoms with E-state index in [-0.39, 0.29) is 5.54 Å². The van der Waals surface area contributed by atoms with E-state index >= 15 is 0 Å². The molecule has 1 aromatic heterocycles. The second-order valence-corrected chi connectivity index (χ2v) is 6.33. The lowest BCUT2D eigenvalue weighted by Gasteiger charge is -2.35. The zero-order valence-electron chi connectivity index (χ0n) is 12.3. The topological polar surface area (TPSA) is 55.6 Å². The Labute approximate surface area is 127 Å². The van der Waals surface area contributed by atoms with Crippen LogP contribution in [0.5, 0.6) is 0 Å². The molecule has 0 amide bonds. The second kappa shape index (κ2) is 6.01. The highest BCUT2D eigenvalue weighted by Gasteiger charge is 2.30. The molecular formula is C14H20BrN5. The number of tetrazole rings is 1. The van der Waals surface area contributed by atoms with Gasteiger partial charge in [0.25, 0.3) is 0 Å². The molecule has 0 spiro atoms. The smallest absolute Gasteiger partial charge is 0.188 e. The highest BCUT2D eigenvalue weighted by molar-refractivity contribution is 9.10. The van der Waals surface area contributed by atoms with Crippen LogP contribution in [0.2, 0.25) is 0 Å². The highest BCUT2D eigenvalue weighted by Crippen LogP contribution is 2.30. The third-order valence-corrected chi connectivity index (χ3v) is 4.29. The van der Waals surface area contributed by atoms with Gasteiger partial charge in [0, 0.05) is 10.0 Å². The number of nitrogens with one attached hydrogen (secondary N) is 1. The Morgan fingerprint density at radius 2 is 1.95 bits per heavy atom. The quantitative estimate of drug-likeness (QED) is 0.911. The maximum absolute atomic E-state index is 4.21. The van der Waals surface area contributed by atoms with Crippen LogP contribution in [0.1, 0.15) is 32.2 Å². The first-order valence-corrected chi connectivity index (χ1v) is 7.45. The minimum Gasteiger partial charge on any atom is -0.300 e. The Balaban J connectivity index is 2.18. The molecule has 2 rings (SSSR count). The summed E-state index contributed by atoms with van der Waals surface area (Å²) in [5, 5.41) is 15.6. The van der Waals surface area contributed by atoms with Gasteiger partial charge in [0.05, 0.1) is 13.6 Å². The molecule has 0 aliphatic rings. The van der Waals surface area contributed by atoms with Crippen molar-refractivity contribution in [3.8, 4) is 0 Å².